The van der Waals surface area contributed by atoms with Crippen LogP contribution in [-0.4, -0.2) is 49.5 Å². The molecule has 0 spiro atoms. The smallest absolute Gasteiger partial charge is 0.154 e. The zero-order valence-corrected chi connectivity index (χ0v) is 8.27. The fourth-order valence-electron chi connectivity index (χ4n) is 2.19. The molecule has 0 amide bonds. The molecule has 1 saturated carbocycles. The molecule has 0 heterocycles. The van der Waals surface area contributed by atoms with Crippen molar-refractivity contribution in [1.82, 2.24) is 0 Å². The maximum Gasteiger partial charge on any atom is 0.154 e. The molecule has 1 fully saturated rings. The molecule has 90 valence electrons. The largest absolute Gasteiger partial charge is 0.368 e. The van der Waals surface area contributed by atoms with Gasteiger partial charge in [0.2, 0.25) is 0 Å². The van der Waals surface area contributed by atoms with Crippen molar-refractivity contribution >= 4 is 0 Å². The van der Waals surface area contributed by atoms with Crippen molar-refractivity contribution in [3.05, 3.63) is 0 Å². The van der Waals surface area contributed by atoms with E-state index in [1.54, 1.807) is 0 Å². The lowest BCUT2D eigenvalue weighted by Crippen LogP contribution is -2.39. The van der Waals surface area contributed by atoms with E-state index in [1.807, 2.05) is 0 Å². The molecule has 0 aromatic rings. The second kappa shape index (κ2) is 5.20. The molecule has 0 atom stereocenters. The fraction of sp³-hybridized carbons (Fsp3) is 1.00. The molecule has 0 aromatic heterocycles. The van der Waals surface area contributed by atoms with Crippen LogP contribution in [0.15, 0.2) is 0 Å². The molecule has 0 radical (unpaired) electrons. The predicted octanol–water partition coefficient (Wildman–Crippen LogP) is -2.05. The normalized spacial score (nSPS) is 33.0. The lowest BCUT2D eigenvalue weighted by Gasteiger charge is -2.36. The monoisotopic (exact) mass is 222 g/mol. The highest BCUT2D eigenvalue weighted by Gasteiger charge is 2.37. The second-order valence-corrected chi connectivity index (χ2v) is 4.23. The first-order chi connectivity index (χ1) is 6.91. The summed E-state index contributed by atoms with van der Waals surface area (Å²) in [7, 11) is 0. The molecular formula is C9H18O6. The first kappa shape index (κ1) is 12.8. The van der Waals surface area contributed by atoms with Crippen molar-refractivity contribution in [2.75, 3.05) is 0 Å². The summed E-state index contributed by atoms with van der Waals surface area (Å²) in [5, 5.41) is 54.0. The van der Waals surface area contributed by atoms with Gasteiger partial charge < -0.3 is 30.6 Å². The predicted molar refractivity (Wildman–Crippen MR) is 49.0 cm³/mol. The average molecular weight is 222 g/mol. The van der Waals surface area contributed by atoms with Gasteiger partial charge in [0, 0.05) is 17.8 Å². The van der Waals surface area contributed by atoms with Crippen LogP contribution in [0, 0.1) is 17.8 Å². The SMILES string of the molecule is OC(O)C1CC(C(O)O)CC(C(O)O)C1. The average Bonchev–Trinajstić information content (AvgIpc) is 2.16. The van der Waals surface area contributed by atoms with E-state index < -0.39 is 36.6 Å². The Bertz CT molecular complexity index is 154. The molecular weight excluding hydrogens is 204 g/mol. The van der Waals surface area contributed by atoms with Crippen molar-refractivity contribution in [2.24, 2.45) is 17.8 Å². The van der Waals surface area contributed by atoms with Gasteiger partial charge in [0.15, 0.2) is 18.9 Å². The highest BCUT2D eigenvalue weighted by atomic mass is 16.5. The van der Waals surface area contributed by atoms with E-state index in [-0.39, 0.29) is 19.3 Å². The summed E-state index contributed by atoms with van der Waals surface area (Å²) in [5.41, 5.74) is 0. The molecule has 1 aliphatic rings. The lowest BCUT2D eigenvalue weighted by atomic mass is 9.74. The Morgan fingerprint density at radius 3 is 0.867 bits per heavy atom. The molecule has 6 nitrogen and oxygen atoms in total. The van der Waals surface area contributed by atoms with Crippen LogP contribution in [0.3, 0.4) is 0 Å². The van der Waals surface area contributed by atoms with Crippen LogP contribution in [0.25, 0.3) is 0 Å². The third-order valence-corrected chi connectivity index (χ3v) is 3.08. The summed E-state index contributed by atoms with van der Waals surface area (Å²) in [4.78, 5) is 0. The summed E-state index contributed by atoms with van der Waals surface area (Å²) in [6.07, 6.45) is -3.90. The summed E-state index contributed by atoms with van der Waals surface area (Å²) in [6.45, 7) is 0. The standard InChI is InChI=1S/C9H18O6/c10-7(11)4-1-5(8(12)13)3-6(2-4)9(14)15/h4-15H,1-3H2. The molecule has 0 unspecified atom stereocenters. The minimum Gasteiger partial charge on any atom is -0.368 e. The Morgan fingerprint density at radius 1 is 0.533 bits per heavy atom. The van der Waals surface area contributed by atoms with Gasteiger partial charge in [-0.25, -0.2) is 0 Å². The Hall–Kier alpha value is -0.240. The van der Waals surface area contributed by atoms with Crippen molar-refractivity contribution in [2.45, 2.75) is 38.1 Å². The van der Waals surface area contributed by atoms with E-state index in [1.165, 1.54) is 0 Å². The molecule has 15 heavy (non-hydrogen) atoms. The topological polar surface area (TPSA) is 121 Å². The Morgan fingerprint density at radius 2 is 0.733 bits per heavy atom. The first-order valence-electron chi connectivity index (χ1n) is 5.00. The van der Waals surface area contributed by atoms with Crippen LogP contribution in [0.1, 0.15) is 19.3 Å². The van der Waals surface area contributed by atoms with E-state index in [4.69, 9.17) is 30.6 Å². The van der Waals surface area contributed by atoms with Gasteiger partial charge in [0.05, 0.1) is 0 Å². The van der Waals surface area contributed by atoms with Gasteiger partial charge >= 0.3 is 0 Å². The quantitative estimate of drug-likeness (QED) is 0.306. The van der Waals surface area contributed by atoms with Crippen LogP contribution < -0.4 is 0 Å². The summed E-state index contributed by atoms with van der Waals surface area (Å²) < 4.78 is 0. The van der Waals surface area contributed by atoms with E-state index in [2.05, 4.69) is 0 Å². The summed E-state index contributed by atoms with van der Waals surface area (Å²) in [6, 6.07) is 0. The number of hydrogen-bond donors (Lipinski definition) is 6. The van der Waals surface area contributed by atoms with Crippen molar-refractivity contribution in [3.63, 3.8) is 0 Å². The molecule has 6 heteroatoms. The van der Waals surface area contributed by atoms with Gasteiger partial charge in [-0.3, -0.25) is 0 Å². The fourth-order valence-corrected chi connectivity index (χ4v) is 2.19. The molecule has 1 aliphatic carbocycles. The summed E-state index contributed by atoms with van der Waals surface area (Å²) >= 11 is 0. The Balaban J connectivity index is 2.64. The number of aliphatic hydroxyl groups is 6. The first-order valence-corrected chi connectivity index (χ1v) is 5.00. The van der Waals surface area contributed by atoms with Gasteiger partial charge in [0.25, 0.3) is 0 Å². The minimum absolute atomic E-state index is 0.262. The molecule has 1 rings (SSSR count). The van der Waals surface area contributed by atoms with Gasteiger partial charge in [-0.2, -0.15) is 0 Å². The molecule has 6 N–H and O–H groups in total. The highest BCUT2D eigenvalue weighted by molar-refractivity contribution is 4.81. The summed E-state index contributed by atoms with van der Waals surface area (Å²) in [5.74, 6) is -1.63. The van der Waals surface area contributed by atoms with E-state index in [0.717, 1.165) is 0 Å². The molecule has 0 aromatic carbocycles. The van der Waals surface area contributed by atoms with E-state index >= 15 is 0 Å². The molecule has 0 bridgehead atoms. The van der Waals surface area contributed by atoms with E-state index in [0.29, 0.717) is 0 Å². The lowest BCUT2D eigenvalue weighted by molar-refractivity contribution is -0.172. The van der Waals surface area contributed by atoms with Crippen LogP contribution in [0.5, 0.6) is 0 Å². The maximum absolute atomic E-state index is 9.01. The van der Waals surface area contributed by atoms with Gasteiger partial charge in [0.1, 0.15) is 0 Å². The molecule has 0 saturated heterocycles. The number of aliphatic hydroxyl groups excluding tert-OH is 3. The van der Waals surface area contributed by atoms with Crippen LogP contribution >= 0.6 is 0 Å². The van der Waals surface area contributed by atoms with Crippen LogP contribution in [0.4, 0.5) is 0 Å². The molecule has 0 aliphatic heterocycles. The maximum atomic E-state index is 9.01. The Labute approximate surface area is 87.4 Å². The van der Waals surface area contributed by atoms with Gasteiger partial charge in [-0.1, -0.05) is 0 Å². The zero-order valence-electron chi connectivity index (χ0n) is 8.27. The van der Waals surface area contributed by atoms with Crippen molar-refractivity contribution in [3.8, 4) is 0 Å². The third kappa shape index (κ3) is 3.37. The van der Waals surface area contributed by atoms with Gasteiger partial charge in [-0.15, -0.1) is 0 Å². The van der Waals surface area contributed by atoms with Crippen LogP contribution in [0.2, 0.25) is 0 Å². The minimum atomic E-state index is -1.56. The number of rotatable bonds is 3. The van der Waals surface area contributed by atoms with Crippen molar-refractivity contribution < 1.29 is 30.6 Å². The third-order valence-electron chi connectivity index (χ3n) is 3.08. The second-order valence-electron chi connectivity index (χ2n) is 4.23. The van der Waals surface area contributed by atoms with E-state index in [9.17, 15) is 0 Å². The number of hydrogen-bond acceptors (Lipinski definition) is 6. The van der Waals surface area contributed by atoms with Crippen LogP contribution in [-0.2, 0) is 0 Å². The highest BCUT2D eigenvalue weighted by Crippen LogP contribution is 2.37. The van der Waals surface area contributed by atoms with Crippen molar-refractivity contribution in [1.29, 1.82) is 0 Å². The zero-order chi connectivity index (χ0) is 11.6. The Kier molecular flexibility index (Phi) is 4.45. The van der Waals surface area contributed by atoms with Gasteiger partial charge in [-0.05, 0) is 19.3 Å².